The highest BCUT2D eigenvalue weighted by Crippen LogP contribution is 2.23. The van der Waals surface area contributed by atoms with Gasteiger partial charge in [-0.2, -0.15) is 0 Å². The molecule has 0 saturated carbocycles. The predicted molar refractivity (Wildman–Crippen MR) is 85.5 cm³/mol. The van der Waals surface area contributed by atoms with Crippen molar-refractivity contribution < 1.29 is 4.79 Å². The second-order valence-corrected chi connectivity index (χ2v) is 5.13. The number of carbonyl (C=O) groups is 1. The minimum Gasteiger partial charge on any atom is -0.319 e. The molecule has 3 rings (SSSR count). The Morgan fingerprint density at radius 1 is 1.23 bits per heavy atom. The van der Waals surface area contributed by atoms with Crippen LogP contribution in [0, 0.1) is 6.92 Å². The van der Waals surface area contributed by atoms with Crippen LogP contribution in [0.2, 0.25) is 5.02 Å². The average Bonchev–Trinajstić information content (AvgIpc) is 3.04. The Hall–Kier alpha value is -2.66. The van der Waals surface area contributed by atoms with Gasteiger partial charge in [-0.1, -0.05) is 23.7 Å². The van der Waals surface area contributed by atoms with Crippen molar-refractivity contribution >= 4 is 23.2 Å². The van der Waals surface area contributed by atoms with Crippen molar-refractivity contribution in [3.05, 3.63) is 71.5 Å². The van der Waals surface area contributed by atoms with Gasteiger partial charge in [0, 0.05) is 18.6 Å². The summed E-state index contributed by atoms with van der Waals surface area (Å²) in [6.07, 6.45) is 8.38. The van der Waals surface area contributed by atoms with E-state index >= 15 is 0 Å². The summed E-state index contributed by atoms with van der Waals surface area (Å²) in [6.45, 7) is 1.86. The van der Waals surface area contributed by atoms with Gasteiger partial charge in [0.15, 0.2) is 0 Å². The SMILES string of the molecule is Cc1cccc(C(=O)Nc2cnccc2-n2ccnc2)c1Cl. The molecule has 1 aromatic carbocycles. The average molecular weight is 313 g/mol. The van der Waals surface area contributed by atoms with Crippen LogP contribution in [0.25, 0.3) is 5.69 Å². The van der Waals surface area contributed by atoms with Crippen LogP contribution < -0.4 is 5.32 Å². The summed E-state index contributed by atoms with van der Waals surface area (Å²) in [6, 6.07) is 7.16. The van der Waals surface area contributed by atoms with Gasteiger partial charge >= 0.3 is 0 Å². The van der Waals surface area contributed by atoms with E-state index in [-0.39, 0.29) is 5.91 Å². The Morgan fingerprint density at radius 2 is 2.09 bits per heavy atom. The number of nitrogens with zero attached hydrogens (tertiary/aromatic N) is 3. The molecule has 0 unspecified atom stereocenters. The summed E-state index contributed by atoms with van der Waals surface area (Å²) in [7, 11) is 0. The molecular formula is C16H13ClN4O. The monoisotopic (exact) mass is 312 g/mol. The molecule has 1 N–H and O–H groups in total. The highest BCUT2D eigenvalue weighted by Gasteiger charge is 2.14. The number of rotatable bonds is 3. The number of pyridine rings is 1. The molecule has 0 fully saturated rings. The number of hydrogen-bond donors (Lipinski definition) is 1. The van der Waals surface area contributed by atoms with Crippen LogP contribution in [0.15, 0.2) is 55.4 Å². The topological polar surface area (TPSA) is 59.8 Å². The van der Waals surface area contributed by atoms with Crippen LogP contribution in [-0.2, 0) is 0 Å². The van der Waals surface area contributed by atoms with E-state index in [2.05, 4.69) is 15.3 Å². The van der Waals surface area contributed by atoms with E-state index < -0.39 is 0 Å². The maximum atomic E-state index is 12.5. The lowest BCUT2D eigenvalue weighted by atomic mass is 10.1. The Balaban J connectivity index is 1.94. The van der Waals surface area contributed by atoms with Crippen molar-refractivity contribution in [2.45, 2.75) is 6.92 Å². The minimum atomic E-state index is -0.275. The number of anilines is 1. The zero-order chi connectivity index (χ0) is 15.5. The molecule has 0 bridgehead atoms. The van der Waals surface area contributed by atoms with Gasteiger partial charge in [0.1, 0.15) is 0 Å². The van der Waals surface area contributed by atoms with E-state index in [4.69, 9.17) is 11.6 Å². The van der Waals surface area contributed by atoms with Gasteiger partial charge < -0.3 is 9.88 Å². The van der Waals surface area contributed by atoms with Gasteiger partial charge in [0.05, 0.1) is 34.5 Å². The highest BCUT2D eigenvalue weighted by molar-refractivity contribution is 6.35. The van der Waals surface area contributed by atoms with Crippen LogP contribution in [0.1, 0.15) is 15.9 Å². The lowest BCUT2D eigenvalue weighted by Crippen LogP contribution is -2.14. The molecule has 0 aliphatic carbocycles. The van der Waals surface area contributed by atoms with Gasteiger partial charge in [0.2, 0.25) is 0 Å². The number of imidazole rings is 1. The highest BCUT2D eigenvalue weighted by atomic mass is 35.5. The Kier molecular flexibility index (Phi) is 3.89. The van der Waals surface area contributed by atoms with Gasteiger partial charge in [-0.25, -0.2) is 4.98 Å². The first kappa shape index (κ1) is 14.3. The number of hydrogen-bond acceptors (Lipinski definition) is 3. The first-order valence-corrected chi connectivity index (χ1v) is 7.03. The Bertz CT molecular complexity index is 815. The van der Waals surface area contributed by atoms with E-state index in [9.17, 15) is 4.79 Å². The third-order valence-electron chi connectivity index (χ3n) is 3.27. The molecule has 0 saturated heterocycles. The smallest absolute Gasteiger partial charge is 0.257 e. The summed E-state index contributed by atoms with van der Waals surface area (Å²) in [5.74, 6) is -0.275. The zero-order valence-electron chi connectivity index (χ0n) is 11.8. The molecule has 2 heterocycles. The molecule has 0 aliphatic rings. The fraction of sp³-hybridized carbons (Fsp3) is 0.0625. The zero-order valence-corrected chi connectivity index (χ0v) is 12.6. The van der Waals surface area contributed by atoms with Crippen LogP contribution in [0.3, 0.4) is 0 Å². The molecule has 0 radical (unpaired) electrons. The van der Waals surface area contributed by atoms with Crippen molar-refractivity contribution in [1.82, 2.24) is 14.5 Å². The summed E-state index contributed by atoms with van der Waals surface area (Å²) in [4.78, 5) is 20.5. The maximum Gasteiger partial charge on any atom is 0.257 e. The van der Waals surface area contributed by atoms with Crippen LogP contribution >= 0.6 is 11.6 Å². The molecule has 110 valence electrons. The van der Waals surface area contributed by atoms with Crippen LogP contribution in [0.5, 0.6) is 0 Å². The molecule has 5 nitrogen and oxygen atoms in total. The normalized spacial score (nSPS) is 10.5. The molecule has 0 spiro atoms. The quantitative estimate of drug-likeness (QED) is 0.805. The molecule has 0 atom stereocenters. The van der Waals surface area contributed by atoms with Gasteiger partial charge in [-0.3, -0.25) is 9.78 Å². The van der Waals surface area contributed by atoms with Crippen molar-refractivity contribution in [2.75, 3.05) is 5.32 Å². The second-order valence-electron chi connectivity index (χ2n) is 4.75. The van der Waals surface area contributed by atoms with Gasteiger partial charge in [-0.15, -0.1) is 0 Å². The first-order chi connectivity index (χ1) is 10.7. The second kappa shape index (κ2) is 5.99. The number of nitrogens with one attached hydrogen (secondary N) is 1. The number of aryl methyl sites for hydroxylation is 1. The lowest BCUT2D eigenvalue weighted by Gasteiger charge is -2.12. The summed E-state index contributed by atoms with van der Waals surface area (Å²) < 4.78 is 1.80. The van der Waals surface area contributed by atoms with E-state index in [0.29, 0.717) is 16.3 Å². The lowest BCUT2D eigenvalue weighted by molar-refractivity contribution is 0.102. The van der Waals surface area contributed by atoms with Crippen LogP contribution in [-0.4, -0.2) is 20.4 Å². The largest absolute Gasteiger partial charge is 0.319 e. The molecule has 1 amide bonds. The molecule has 6 heteroatoms. The summed E-state index contributed by atoms with van der Waals surface area (Å²) in [5, 5.41) is 3.30. The van der Waals surface area contributed by atoms with E-state index in [1.165, 1.54) is 0 Å². The van der Waals surface area contributed by atoms with Crippen molar-refractivity contribution in [3.8, 4) is 5.69 Å². The molecule has 2 aromatic heterocycles. The Labute approximate surface area is 132 Å². The van der Waals surface area contributed by atoms with E-state index in [1.54, 1.807) is 53.9 Å². The van der Waals surface area contributed by atoms with Gasteiger partial charge in [-0.05, 0) is 24.6 Å². The van der Waals surface area contributed by atoms with E-state index in [0.717, 1.165) is 11.3 Å². The third kappa shape index (κ3) is 2.71. The van der Waals surface area contributed by atoms with Crippen molar-refractivity contribution in [3.63, 3.8) is 0 Å². The van der Waals surface area contributed by atoms with E-state index in [1.807, 2.05) is 13.0 Å². The van der Waals surface area contributed by atoms with Crippen molar-refractivity contribution in [1.29, 1.82) is 0 Å². The number of amides is 1. The van der Waals surface area contributed by atoms with Crippen LogP contribution in [0.4, 0.5) is 5.69 Å². The maximum absolute atomic E-state index is 12.5. The minimum absolute atomic E-state index is 0.275. The molecule has 3 aromatic rings. The standard InChI is InChI=1S/C16H13ClN4O/c1-11-3-2-4-12(15(11)17)16(22)20-13-9-18-6-5-14(13)21-8-7-19-10-21/h2-10H,1H3,(H,20,22). The first-order valence-electron chi connectivity index (χ1n) is 6.65. The number of halogens is 1. The fourth-order valence-electron chi connectivity index (χ4n) is 2.12. The van der Waals surface area contributed by atoms with Crippen molar-refractivity contribution in [2.24, 2.45) is 0 Å². The molecule has 0 aliphatic heterocycles. The number of aromatic nitrogens is 3. The fourth-order valence-corrected chi connectivity index (χ4v) is 2.33. The number of benzene rings is 1. The molecular weight excluding hydrogens is 300 g/mol. The third-order valence-corrected chi connectivity index (χ3v) is 3.77. The Morgan fingerprint density at radius 3 is 2.86 bits per heavy atom. The summed E-state index contributed by atoms with van der Waals surface area (Å²) in [5.41, 5.74) is 2.66. The van der Waals surface area contributed by atoms with Gasteiger partial charge in [0.25, 0.3) is 5.91 Å². The summed E-state index contributed by atoms with van der Waals surface area (Å²) >= 11 is 6.20. The number of carbonyl (C=O) groups excluding carboxylic acids is 1. The molecule has 22 heavy (non-hydrogen) atoms. The predicted octanol–water partition coefficient (Wildman–Crippen LogP) is 3.48.